The summed E-state index contributed by atoms with van der Waals surface area (Å²) >= 11 is 0. The Morgan fingerprint density at radius 1 is 1.12 bits per heavy atom. The highest BCUT2D eigenvalue weighted by atomic mass is 16.5. The minimum atomic E-state index is 0.422. The van der Waals surface area contributed by atoms with Crippen LogP contribution in [0.25, 0.3) is 11.5 Å². The van der Waals surface area contributed by atoms with Crippen LogP contribution in [0.4, 0.5) is 0 Å². The first-order valence-corrected chi connectivity index (χ1v) is 8.18. The molecule has 7 heteroatoms. The standard InChI is InChI=1S/C18H21N3O4/c1-12(2)6-8-23-15-5-4-13(10-16(15)22-3)18-20-19-17(25-18)11-14-7-9-24-21-14/h4-5,7,9-10,12H,6,8,11H2,1-3H3. The molecule has 3 rings (SSSR count). The van der Waals surface area contributed by atoms with Gasteiger partial charge in [0.1, 0.15) is 6.26 Å². The maximum absolute atomic E-state index is 5.79. The monoisotopic (exact) mass is 343 g/mol. The highest BCUT2D eigenvalue weighted by molar-refractivity contribution is 5.59. The van der Waals surface area contributed by atoms with Gasteiger partial charge in [0.25, 0.3) is 0 Å². The molecule has 0 spiro atoms. The Labute approximate surface area is 145 Å². The number of aromatic nitrogens is 3. The van der Waals surface area contributed by atoms with Gasteiger partial charge in [0.15, 0.2) is 11.5 Å². The van der Waals surface area contributed by atoms with E-state index in [9.17, 15) is 0 Å². The molecule has 2 heterocycles. The van der Waals surface area contributed by atoms with Crippen molar-refractivity contribution in [1.82, 2.24) is 15.4 Å². The predicted molar refractivity (Wildman–Crippen MR) is 90.5 cm³/mol. The van der Waals surface area contributed by atoms with Crippen LogP contribution in [-0.4, -0.2) is 29.1 Å². The summed E-state index contributed by atoms with van der Waals surface area (Å²) in [6, 6.07) is 7.32. The molecule has 2 aromatic heterocycles. The van der Waals surface area contributed by atoms with Crippen molar-refractivity contribution in [3.63, 3.8) is 0 Å². The van der Waals surface area contributed by atoms with E-state index in [0.717, 1.165) is 17.7 Å². The van der Waals surface area contributed by atoms with Crippen molar-refractivity contribution in [2.24, 2.45) is 5.92 Å². The third kappa shape index (κ3) is 4.37. The number of nitrogens with zero attached hydrogens (tertiary/aromatic N) is 3. The van der Waals surface area contributed by atoms with Gasteiger partial charge < -0.3 is 18.4 Å². The Morgan fingerprint density at radius 3 is 2.72 bits per heavy atom. The molecule has 0 atom stereocenters. The molecule has 0 N–H and O–H groups in total. The zero-order chi connectivity index (χ0) is 17.6. The average Bonchev–Trinajstić information content (AvgIpc) is 3.27. The summed E-state index contributed by atoms with van der Waals surface area (Å²) in [6.07, 6.45) is 2.92. The molecule has 0 aliphatic rings. The summed E-state index contributed by atoms with van der Waals surface area (Å²) < 4.78 is 21.7. The van der Waals surface area contributed by atoms with E-state index in [4.69, 9.17) is 18.4 Å². The van der Waals surface area contributed by atoms with Crippen molar-refractivity contribution in [3.8, 4) is 23.0 Å². The van der Waals surface area contributed by atoms with Crippen LogP contribution >= 0.6 is 0 Å². The Kier molecular flexibility index (Phi) is 5.33. The van der Waals surface area contributed by atoms with E-state index >= 15 is 0 Å². The third-order valence-corrected chi connectivity index (χ3v) is 3.65. The zero-order valence-corrected chi connectivity index (χ0v) is 14.6. The Balaban J connectivity index is 1.73. The highest BCUT2D eigenvalue weighted by Crippen LogP contribution is 2.32. The van der Waals surface area contributed by atoms with Crippen LogP contribution in [-0.2, 0) is 6.42 Å². The van der Waals surface area contributed by atoms with Gasteiger partial charge in [0, 0.05) is 11.6 Å². The predicted octanol–water partition coefficient (Wildman–Crippen LogP) is 3.75. The molecule has 1 aromatic carbocycles. The lowest BCUT2D eigenvalue weighted by molar-refractivity contribution is 0.273. The van der Waals surface area contributed by atoms with Crippen LogP contribution in [0.15, 0.2) is 39.5 Å². The van der Waals surface area contributed by atoms with E-state index in [1.54, 1.807) is 13.2 Å². The second-order valence-corrected chi connectivity index (χ2v) is 6.07. The number of methoxy groups -OCH3 is 1. The number of hydrogen-bond acceptors (Lipinski definition) is 7. The summed E-state index contributed by atoms with van der Waals surface area (Å²) in [4.78, 5) is 0. The normalized spacial score (nSPS) is 11.0. The van der Waals surface area contributed by atoms with Crippen LogP contribution in [0.2, 0.25) is 0 Å². The smallest absolute Gasteiger partial charge is 0.247 e. The summed E-state index contributed by atoms with van der Waals surface area (Å²) in [5.41, 5.74) is 1.51. The second kappa shape index (κ2) is 7.83. The molecule has 0 aliphatic heterocycles. The lowest BCUT2D eigenvalue weighted by Crippen LogP contribution is -2.02. The minimum Gasteiger partial charge on any atom is -0.493 e. The molecule has 0 unspecified atom stereocenters. The van der Waals surface area contributed by atoms with Crippen LogP contribution in [0.1, 0.15) is 31.9 Å². The Hall–Kier alpha value is -2.83. The molecule has 7 nitrogen and oxygen atoms in total. The number of hydrogen-bond donors (Lipinski definition) is 0. The van der Waals surface area contributed by atoms with Crippen molar-refractivity contribution >= 4 is 0 Å². The van der Waals surface area contributed by atoms with Crippen LogP contribution in [0.3, 0.4) is 0 Å². The summed E-state index contributed by atoms with van der Waals surface area (Å²) in [5.74, 6) is 2.82. The van der Waals surface area contributed by atoms with Gasteiger partial charge in [-0.3, -0.25) is 0 Å². The first-order valence-electron chi connectivity index (χ1n) is 8.18. The lowest BCUT2D eigenvalue weighted by Gasteiger charge is -2.12. The fourth-order valence-corrected chi connectivity index (χ4v) is 2.25. The largest absolute Gasteiger partial charge is 0.493 e. The summed E-state index contributed by atoms with van der Waals surface area (Å²) in [6.45, 7) is 4.97. The summed E-state index contributed by atoms with van der Waals surface area (Å²) in [7, 11) is 1.61. The molecule has 0 fully saturated rings. The van der Waals surface area contributed by atoms with E-state index in [2.05, 4.69) is 29.2 Å². The fourth-order valence-electron chi connectivity index (χ4n) is 2.25. The molecule has 3 aromatic rings. The van der Waals surface area contributed by atoms with E-state index in [1.807, 2.05) is 18.2 Å². The maximum atomic E-state index is 5.79. The molecule has 0 saturated heterocycles. The van der Waals surface area contributed by atoms with Crippen LogP contribution < -0.4 is 9.47 Å². The highest BCUT2D eigenvalue weighted by Gasteiger charge is 2.14. The first-order chi connectivity index (χ1) is 12.2. The van der Waals surface area contributed by atoms with Gasteiger partial charge in [-0.05, 0) is 30.5 Å². The molecule has 25 heavy (non-hydrogen) atoms. The summed E-state index contributed by atoms with van der Waals surface area (Å²) in [5, 5.41) is 12.0. The van der Waals surface area contributed by atoms with Crippen molar-refractivity contribution in [2.75, 3.05) is 13.7 Å². The van der Waals surface area contributed by atoms with Crippen molar-refractivity contribution in [1.29, 1.82) is 0 Å². The average molecular weight is 343 g/mol. The van der Waals surface area contributed by atoms with Gasteiger partial charge in [-0.25, -0.2) is 0 Å². The van der Waals surface area contributed by atoms with E-state index in [-0.39, 0.29) is 0 Å². The van der Waals surface area contributed by atoms with Gasteiger partial charge in [0.05, 0.1) is 25.8 Å². The van der Waals surface area contributed by atoms with E-state index in [0.29, 0.717) is 42.2 Å². The third-order valence-electron chi connectivity index (χ3n) is 3.65. The Bertz CT molecular complexity index is 797. The molecule has 0 aliphatic carbocycles. The van der Waals surface area contributed by atoms with Gasteiger partial charge in [0.2, 0.25) is 11.8 Å². The molecule has 0 amide bonds. The van der Waals surface area contributed by atoms with E-state index < -0.39 is 0 Å². The van der Waals surface area contributed by atoms with Crippen molar-refractivity contribution in [3.05, 3.63) is 42.1 Å². The van der Waals surface area contributed by atoms with Crippen molar-refractivity contribution in [2.45, 2.75) is 26.7 Å². The van der Waals surface area contributed by atoms with Crippen molar-refractivity contribution < 1.29 is 18.4 Å². The van der Waals surface area contributed by atoms with Gasteiger partial charge in [-0.15, -0.1) is 10.2 Å². The SMILES string of the molecule is COc1cc(-c2nnc(Cc3ccon3)o2)ccc1OCCC(C)C. The topological polar surface area (TPSA) is 83.4 Å². The maximum Gasteiger partial charge on any atom is 0.247 e. The van der Waals surface area contributed by atoms with Crippen LogP contribution in [0, 0.1) is 5.92 Å². The quantitative estimate of drug-likeness (QED) is 0.616. The molecular weight excluding hydrogens is 322 g/mol. The van der Waals surface area contributed by atoms with Gasteiger partial charge in [-0.1, -0.05) is 19.0 Å². The molecular formula is C18H21N3O4. The number of ether oxygens (including phenoxy) is 2. The molecule has 0 saturated carbocycles. The van der Waals surface area contributed by atoms with E-state index in [1.165, 1.54) is 6.26 Å². The zero-order valence-electron chi connectivity index (χ0n) is 14.6. The van der Waals surface area contributed by atoms with Crippen LogP contribution in [0.5, 0.6) is 11.5 Å². The Morgan fingerprint density at radius 2 is 2.00 bits per heavy atom. The fraction of sp³-hybridized carbons (Fsp3) is 0.389. The minimum absolute atomic E-state index is 0.422. The number of rotatable bonds is 8. The first kappa shape index (κ1) is 17.0. The number of benzene rings is 1. The van der Waals surface area contributed by atoms with Gasteiger partial charge >= 0.3 is 0 Å². The second-order valence-electron chi connectivity index (χ2n) is 6.07. The molecule has 0 bridgehead atoms. The van der Waals surface area contributed by atoms with Gasteiger partial charge in [-0.2, -0.15) is 0 Å². The molecule has 132 valence electrons. The lowest BCUT2D eigenvalue weighted by atomic mass is 10.1. The molecule has 0 radical (unpaired) electrons.